The van der Waals surface area contributed by atoms with E-state index in [0.717, 1.165) is 11.1 Å². The van der Waals surface area contributed by atoms with Gasteiger partial charge in [-0.05, 0) is 37.1 Å². The van der Waals surface area contributed by atoms with E-state index in [1.807, 2.05) is 19.1 Å². The number of hydrogen-bond acceptors (Lipinski definition) is 3. The number of aryl methyl sites for hydroxylation is 1. The van der Waals surface area contributed by atoms with Crippen LogP contribution in [0.25, 0.3) is 6.08 Å². The summed E-state index contributed by atoms with van der Waals surface area (Å²) in [5.41, 5.74) is 7.33. The van der Waals surface area contributed by atoms with E-state index in [1.165, 1.54) is 0 Å². The second-order valence-corrected chi connectivity index (χ2v) is 5.80. The Bertz CT molecular complexity index is 542. The summed E-state index contributed by atoms with van der Waals surface area (Å²) in [6.45, 7) is 3.56. The molecule has 1 heterocycles. The molecule has 0 bridgehead atoms. The maximum absolute atomic E-state index is 12.0. The summed E-state index contributed by atoms with van der Waals surface area (Å²) in [7, 11) is -3.33. The van der Waals surface area contributed by atoms with Crippen LogP contribution in [0.3, 0.4) is 0 Å². The highest BCUT2D eigenvalue weighted by Crippen LogP contribution is 2.34. The van der Waals surface area contributed by atoms with Crippen LogP contribution in [0.15, 0.2) is 28.0 Å². The highest BCUT2D eigenvalue weighted by molar-refractivity contribution is 7.96. The fourth-order valence-electron chi connectivity index (χ4n) is 1.73. The summed E-state index contributed by atoms with van der Waals surface area (Å²) in [4.78, 5) is 0.693. The summed E-state index contributed by atoms with van der Waals surface area (Å²) < 4.78 is 24.1. The van der Waals surface area contributed by atoms with Crippen LogP contribution in [0.1, 0.15) is 18.1 Å². The first-order chi connectivity index (χ1) is 6.93. The Labute approximate surface area is 89.5 Å². The first-order valence-electron chi connectivity index (χ1n) is 4.76. The first kappa shape index (κ1) is 10.4. The first-order valence-corrected chi connectivity index (χ1v) is 6.24. The molecule has 1 unspecified atom stereocenters. The summed E-state index contributed by atoms with van der Waals surface area (Å²) in [5.74, 6) is 0. The monoisotopic (exact) mass is 223 g/mol. The van der Waals surface area contributed by atoms with Crippen molar-refractivity contribution in [1.29, 1.82) is 0 Å². The number of nitrogens with two attached hydrogens (primary N) is 1. The normalized spacial score (nSPS) is 19.5. The van der Waals surface area contributed by atoms with Gasteiger partial charge in [0.05, 0.1) is 9.80 Å². The maximum atomic E-state index is 12.0. The molecule has 0 spiro atoms. The van der Waals surface area contributed by atoms with Crippen molar-refractivity contribution in [3.8, 4) is 0 Å². The predicted octanol–water partition coefficient (Wildman–Crippen LogP) is 1.47. The Morgan fingerprint density at radius 3 is 2.60 bits per heavy atom. The number of fused-ring (bicyclic) bond motifs is 1. The molecular weight excluding hydrogens is 210 g/mol. The molecule has 1 aromatic carbocycles. The van der Waals surface area contributed by atoms with Crippen LogP contribution in [0.2, 0.25) is 0 Å². The van der Waals surface area contributed by atoms with Crippen molar-refractivity contribution in [2.24, 2.45) is 5.73 Å². The molecule has 0 saturated heterocycles. The van der Waals surface area contributed by atoms with Crippen LogP contribution in [-0.4, -0.2) is 14.5 Å². The van der Waals surface area contributed by atoms with Gasteiger partial charge in [-0.3, -0.25) is 0 Å². The van der Waals surface area contributed by atoms with Crippen LogP contribution < -0.4 is 5.73 Å². The van der Waals surface area contributed by atoms with Gasteiger partial charge in [0.1, 0.15) is 0 Å². The standard InChI is InChI=1S/C11H13NO2S/c1-7-3-4-9-6-10(8(2)12)15(13,14)11(9)5-7/h3-6,8H,12H2,1-2H3. The highest BCUT2D eigenvalue weighted by atomic mass is 32.2. The molecule has 0 aromatic heterocycles. The quantitative estimate of drug-likeness (QED) is 0.784. The summed E-state index contributed by atoms with van der Waals surface area (Å²) in [5, 5.41) is 0. The SMILES string of the molecule is Cc1ccc2c(c1)S(=O)(=O)C(C(C)N)=C2. The topological polar surface area (TPSA) is 60.2 Å². The number of benzene rings is 1. The Morgan fingerprint density at radius 1 is 1.33 bits per heavy atom. The van der Waals surface area contributed by atoms with Gasteiger partial charge in [-0.2, -0.15) is 0 Å². The fourth-order valence-corrected chi connectivity index (χ4v) is 3.53. The lowest BCUT2D eigenvalue weighted by Crippen LogP contribution is -2.21. The minimum atomic E-state index is -3.33. The molecule has 1 atom stereocenters. The lowest BCUT2D eigenvalue weighted by Gasteiger charge is -2.06. The van der Waals surface area contributed by atoms with Crippen LogP contribution >= 0.6 is 0 Å². The third kappa shape index (κ3) is 1.50. The predicted molar refractivity (Wildman–Crippen MR) is 60.0 cm³/mol. The van der Waals surface area contributed by atoms with E-state index in [9.17, 15) is 8.42 Å². The third-order valence-corrected chi connectivity index (χ3v) is 4.56. The molecule has 80 valence electrons. The van der Waals surface area contributed by atoms with E-state index in [2.05, 4.69) is 0 Å². The van der Waals surface area contributed by atoms with Crippen molar-refractivity contribution in [1.82, 2.24) is 0 Å². The minimum Gasteiger partial charge on any atom is -0.324 e. The lowest BCUT2D eigenvalue weighted by molar-refractivity contribution is 0.600. The van der Waals surface area contributed by atoms with Crippen molar-refractivity contribution in [3.05, 3.63) is 34.2 Å². The van der Waals surface area contributed by atoms with E-state index in [4.69, 9.17) is 5.73 Å². The van der Waals surface area contributed by atoms with Crippen LogP contribution in [0.4, 0.5) is 0 Å². The van der Waals surface area contributed by atoms with Gasteiger partial charge in [-0.1, -0.05) is 12.1 Å². The maximum Gasteiger partial charge on any atom is 0.204 e. The molecule has 15 heavy (non-hydrogen) atoms. The smallest absolute Gasteiger partial charge is 0.204 e. The molecule has 2 N–H and O–H groups in total. The second kappa shape index (κ2) is 3.18. The summed E-state index contributed by atoms with van der Waals surface area (Å²) in [6.07, 6.45) is 1.66. The Morgan fingerprint density at radius 2 is 2.00 bits per heavy atom. The molecule has 3 nitrogen and oxygen atoms in total. The fraction of sp³-hybridized carbons (Fsp3) is 0.273. The molecular formula is C11H13NO2S. The van der Waals surface area contributed by atoms with E-state index >= 15 is 0 Å². The molecule has 0 radical (unpaired) electrons. The van der Waals surface area contributed by atoms with Gasteiger partial charge >= 0.3 is 0 Å². The molecule has 0 fully saturated rings. The van der Waals surface area contributed by atoms with Gasteiger partial charge in [0.25, 0.3) is 0 Å². The van der Waals surface area contributed by atoms with Crippen molar-refractivity contribution in [2.45, 2.75) is 24.8 Å². The van der Waals surface area contributed by atoms with E-state index in [0.29, 0.717) is 9.80 Å². The van der Waals surface area contributed by atoms with Gasteiger partial charge in [-0.25, -0.2) is 8.42 Å². The molecule has 0 aliphatic carbocycles. The molecule has 2 rings (SSSR count). The van der Waals surface area contributed by atoms with Crippen molar-refractivity contribution >= 4 is 15.9 Å². The number of sulfone groups is 1. The zero-order valence-corrected chi connectivity index (χ0v) is 9.51. The Balaban J connectivity index is 2.69. The van der Waals surface area contributed by atoms with Gasteiger partial charge in [0.2, 0.25) is 9.84 Å². The molecule has 1 aliphatic rings. The molecule has 1 aromatic rings. The van der Waals surface area contributed by atoms with Crippen molar-refractivity contribution in [2.75, 3.05) is 0 Å². The van der Waals surface area contributed by atoms with Gasteiger partial charge < -0.3 is 5.73 Å². The van der Waals surface area contributed by atoms with Gasteiger partial charge in [0, 0.05) is 6.04 Å². The minimum absolute atomic E-state index is 0.308. The largest absolute Gasteiger partial charge is 0.324 e. The van der Waals surface area contributed by atoms with E-state index < -0.39 is 15.9 Å². The summed E-state index contributed by atoms with van der Waals surface area (Å²) >= 11 is 0. The van der Waals surface area contributed by atoms with Crippen molar-refractivity contribution in [3.63, 3.8) is 0 Å². The number of rotatable bonds is 1. The molecule has 4 heteroatoms. The zero-order valence-electron chi connectivity index (χ0n) is 8.69. The Kier molecular flexibility index (Phi) is 2.20. The molecule has 0 amide bonds. The molecule has 1 aliphatic heterocycles. The number of hydrogen-bond donors (Lipinski definition) is 1. The molecule has 0 saturated carbocycles. The third-order valence-electron chi connectivity index (χ3n) is 2.52. The van der Waals surface area contributed by atoms with Gasteiger partial charge in [-0.15, -0.1) is 0 Å². The van der Waals surface area contributed by atoms with E-state index in [-0.39, 0.29) is 0 Å². The van der Waals surface area contributed by atoms with Gasteiger partial charge in [0.15, 0.2) is 0 Å². The average molecular weight is 223 g/mol. The highest BCUT2D eigenvalue weighted by Gasteiger charge is 2.31. The zero-order chi connectivity index (χ0) is 11.2. The van der Waals surface area contributed by atoms with Crippen molar-refractivity contribution < 1.29 is 8.42 Å². The average Bonchev–Trinajstić information content (AvgIpc) is 2.39. The van der Waals surface area contributed by atoms with Crippen LogP contribution in [0.5, 0.6) is 0 Å². The Hall–Kier alpha value is -1.13. The van der Waals surface area contributed by atoms with Crippen LogP contribution in [-0.2, 0) is 9.84 Å². The van der Waals surface area contributed by atoms with Crippen LogP contribution in [0, 0.1) is 6.92 Å². The van der Waals surface area contributed by atoms with E-state index in [1.54, 1.807) is 19.1 Å². The second-order valence-electron chi connectivity index (χ2n) is 3.88. The summed E-state index contributed by atoms with van der Waals surface area (Å²) in [6, 6.07) is 4.95. The lowest BCUT2D eigenvalue weighted by atomic mass is 10.1.